The molecule has 1 saturated heterocycles. The second-order valence-corrected chi connectivity index (χ2v) is 7.40. The SMILES string of the molecule is CCC1(OCc2ccccc2C)CCN(C(=O)OC(C)(C)C)C1. The van der Waals surface area contributed by atoms with E-state index in [-0.39, 0.29) is 11.7 Å². The van der Waals surface area contributed by atoms with Crippen molar-refractivity contribution in [1.82, 2.24) is 4.90 Å². The number of ether oxygens (including phenoxy) is 2. The van der Waals surface area contributed by atoms with Crippen LogP contribution in [-0.2, 0) is 16.1 Å². The summed E-state index contributed by atoms with van der Waals surface area (Å²) >= 11 is 0. The Morgan fingerprint density at radius 1 is 1.30 bits per heavy atom. The molecule has 0 aromatic heterocycles. The van der Waals surface area contributed by atoms with Crippen LogP contribution >= 0.6 is 0 Å². The van der Waals surface area contributed by atoms with Gasteiger partial charge >= 0.3 is 6.09 Å². The van der Waals surface area contributed by atoms with Gasteiger partial charge in [0.25, 0.3) is 0 Å². The summed E-state index contributed by atoms with van der Waals surface area (Å²) < 4.78 is 11.7. The number of rotatable bonds is 4. The second-order valence-electron chi connectivity index (χ2n) is 7.40. The molecule has 1 aromatic carbocycles. The van der Waals surface area contributed by atoms with E-state index in [2.05, 4.69) is 26.0 Å². The molecular weight excluding hydrogens is 290 g/mol. The van der Waals surface area contributed by atoms with Crippen LogP contribution in [0.5, 0.6) is 0 Å². The molecule has 1 unspecified atom stereocenters. The van der Waals surface area contributed by atoms with E-state index in [4.69, 9.17) is 9.47 Å². The molecule has 1 aromatic rings. The van der Waals surface area contributed by atoms with Gasteiger partial charge in [0.2, 0.25) is 0 Å². The zero-order valence-electron chi connectivity index (χ0n) is 15.0. The summed E-state index contributed by atoms with van der Waals surface area (Å²) in [6.07, 6.45) is 1.50. The van der Waals surface area contributed by atoms with Crippen LogP contribution in [-0.4, -0.2) is 35.3 Å². The van der Waals surface area contributed by atoms with Crippen molar-refractivity contribution in [1.29, 1.82) is 0 Å². The van der Waals surface area contributed by atoms with Gasteiger partial charge in [0.05, 0.1) is 18.8 Å². The smallest absolute Gasteiger partial charge is 0.410 e. The standard InChI is InChI=1S/C19H29NO3/c1-6-19(22-13-16-10-8-7-9-15(16)2)11-12-20(14-19)17(21)23-18(3,4)5/h7-10H,6,11-14H2,1-5H3. The molecule has 1 heterocycles. The van der Waals surface area contributed by atoms with E-state index in [1.54, 1.807) is 4.90 Å². The lowest BCUT2D eigenvalue weighted by Gasteiger charge is -2.29. The molecule has 0 saturated carbocycles. The van der Waals surface area contributed by atoms with Crippen LogP contribution in [0.1, 0.15) is 51.7 Å². The highest BCUT2D eigenvalue weighted by Crippen LogP contribution is 2.31. The minimum absolute atomic E-state index is 0.243. The largest absolute Gasteiger partial charge is 0.444 e. The minimum atomic E-state index is -0.462. The summed E-state index contributed by atoms with van der Waals surface area (Å²) in [5.74, 6) is 0. The number of hydrogen-bond donors (Lipinski definition) is 0. The van der Waals surface area contributed by atoms with Crippen LogP contribution in [0.15, 0.2) is 24.3 Å². The van der Waals surface area contributed by atoms with E-state index >= 15 is 0 Å². The van der Waals surface area contributed by atoms with Crippen molar-refractivity contribution in [3.8, 4) is 0 Å². The molecule has 0 N–H and O–H groups in total. The number of amides is 1. The van der Waals surface area contributed by atoms with Crippen molar-refractivity contribution in [2.24, 2.45) is 0 Å². The van der Waals surface area contributed by atoms with Crippen molar-refractivity contribution in [3.63, 3.8) is 0 Å². The Balaban J connectivity index is 1.97. The Labute approximate surface area is 139 Å². The number of hydrogen-bond acceptors (Lipinski definition) is 3. The molecule has 0 radical (unpaired) electrons. The van der Waals surface area contributed by atoms with Gasteiger partial charge in [-0.3, -0.25) is 0 Å². The van der Waals surface area contributed by atoms with Gasteiger partial charge in [-0.1, -0.05) is 31.2 Å². The van der Waals surface area contributed by atoms with E-state index in [0.29, 0.717) is 19.7 Å². The van der Waals surface area contributed by atoms with Crippen molar-refractivity contribution in [2.75, 3.05) is 13.1 Å². The number of likely N-dealkylation sites (tertiary alicyclic amines) is 1. The Morgan fingerprint density at radius 2 is 2.00 bits per heavy atom. The topological polar surface area (TPSA) is 38.8 Å². The molecule has 2 rings (SSSR count). The number of carbonyl (C=O) groups excluding carboxylic acids is 1. The molecule has 128 valence electrons. The number of aryl methyl sites for hydroxylation is 1. The minimum Gasteiger partial charge on any atom is -0.444 e. The summed E-state index contributed by atoms with van der Waals surface area (Å²) in [4.78, 5) is 14.0. The van der Waals surface area contributed by atoms with E-state index in [1.165, 1.54) is 11.1 Å². The van der Waals surface area contributed by atoms with Gasteiger partial charge in [-0.2, -0.15) is 0 Å². The lowest BCUT2D eigenvalue weighted by atomic mass is 9.99. The number of benzene rings is 1. The van der Waals surface area contributed by atoms with Crippen LogP contribution in [0, 0.1) is 6.92 Å². The fraction of sp³-hybridized carbons (Fsp3) is 0.632. The molecule has 1 aliphatic heterocycles. The Kier molecular flexibility index (Phi) is 5.35. The molecule has 4 nitrogen and oxygen atoms in total. The molecule has 1 fully saturated rings. The summed E-state index contributed by atoms with van der Waals surface area (Å²) in [6, 6.07) is 8.26. The zero-order chi connectivity index (χ0) is 17.1. The van der Waals surface area contributed by atoms with Crippen LogP contribution in [0.25, 0.3) is 0 Å². The zero-order valence-corrected chi connectivity index (χ0v) is 15.0. The molecule has 0 bridgehead atoms. The lowest BCUT2D eigenvalue weighted by Crippen LogP contribution is -2.40. The summed E-state index contributed by atoms with van der Waals surface area (Å²) in [5, 5.41) is 0. The van der Waals surface area contributed by atoms with Crippen molar-refractivity contribution in [2.45, 2.75) is 65.3 Å². The molecule has 23 heavy (non-hydrogen) atoms. The highest BCUT2D eigenvalue weighted by molar-refractivity contribution is 5.68. The van der Waals surface area contributed by atoms with Crippen molar-refractivity contribution < 1.29 is 14.3 Å². The fourth-order valence-corrected chi connectivity index (χ4v) is 2.84. The lowest BCUT2D eigenvalue weighted by molar-refractivity contribution is -0.0529. The maximum atomic E-state index is 12.2. The molecule has 4 heteroatoms. The third kappa shape index (κ3) is 4.71. The van der Waals surface area contributed by atoms with Crippen LogP contribution in [0.2, 0.25) is 0 Å². The molecule has 0 aliphatic carbocycles. The Hall–Kier alpha value is -1.55. The molecule has 1 amide bonds. The molecule has 0 spiro atoms. The summed E-state index contributed by atoms with van der Waals surface area (Å²) in [7, 11) is 0. The van der Waals surface area contributed by atoms with E-state index in [1.807, 2.05) is 32.9 Å². The first-order valence-corrected chi connectivity index (χ1v) is 8.41. The van der Waals surface area contributed by atoms with Gasteiger partial charge in [-0.05, 0) is 51.7 Å². The van der Waals surface area contributed by atoms with Crippen molar-refractivity contribution >= 4 is 6.09 Å². The highest BCUT2D eigenvalue weighted by atomic mass is 16.6. The summed E-state index contributed by atoms with van der Waals surface area (Å²) in [6.45, 7) is 11.8. The monoisotopic (exact) mass is 319 g/mol. The Morgan fingerprint density at radius 3 is 2.61 bits per heavy atom. The quantitative estimate of drug-likeness (QED) is 0.830. The van der Waals surface area contributed by atoms with E-state index in [9.17, 15) is 4.79 Å². The molecule has 1 aliphatic rings. The number of nitrogens with zero attached hydrogens (tertiary/aromatic N) is 1. The predicted octanol–water partition coefficient (Wildman–Crippen LogP) is 4.30. The second kappa shape index (κ2) is 6.91. The molecular formula is C19H29NO3. The highest BCUT2D eigenvalue weighted by Gasteiger charge is 2.41. The maximum absolute atomic E-state index is 12.2. The first-order chi connectivity index (χ1) is 10.7. The van der Waals surface area contributed by atoms with Crippen molar-refractivity contribution in [3.05, 3.63) is 35.4 Å². The van der Waals surface area contributed by atoms with Gasteiger partial charge in [0, 0.05) is 6.54 Å². The maximum Gasteiger partial charge on any atom is 0.410 e. The van der Waals surface area contributed by atoms with Gasteiger partial charge in [-0.25, -0.2) is 4.79 Å². The van der Waals surface area contributed by atoms with Crippen LogP contribution < -0.4 is 0 Å². The first kappa shape index (κ1) is 17.8. The summed E-state index contributed by atoms with van der Waals surface area (Å²) in [5.41, 5.74) is 1.72. The first-order valence-electron chi connectivity index (χ1n) is 8.41. The average molecular weight is 319 g/mol. The normalized spacial score (nSPS) is 21.5. The van der Waals surface area contributed by atoms with E-state index < -0.39 is 5.60 Å². The Bertz CT molecular complexity index is 550. The van der Waals surface area contributed by atoms with Gasteiger partial charge in [0.15, 0.2) is 0 Å². The van der Waals surface area contributed by atoms with Gasteiger partial charge in [0.1, 0.15) is 5.60 Å². The third-order valence-electron chi connectivity index (χ3n) is 4.41. The van der Waals surface area contributed by atoms with Crippen LogP contribution in [0.3, 0.4) is 0 Å². The third-order valence-corrected chi connectivity index (χ3v) is 4.41. The van der Waals surface area contributed by atoms with E-state index in [0.717, 1.165) is 12.8 Å². The molecule has 1 atom stereocenters. The van der Waals surface area contributed by atoms with Crippen LogP contribution in [0.4, 0.5) is 4.79 Å². The average Bonchev–Trinajstić information content (AvgIpc) is 2.90. The van der Waals surface area contributed by atoms with Gasteiger partial charge < -0.3 is 14.4 Å². The number of carbonyl (C=O) groups is 1. The fourth-order valence-electron chi connectivity index (χ4n) is 2.84. The predicted molar refractivity (Wildman–Crippen MR) is 91.4 cm³/mol. The van der Waals surface area contributed by atoms with Gasteiger partial charge in [-0.15, -0.1) is 0 Å².